The molecule has 0 fully saturated rings. The van der Waals surface area contributed by atoms with Gasteiger partial charge in [0.25, 0.3) is 0 Å². The van der Waals surface area contributed by atoms with E-state index in [1.807, 2.05) is 109 Å². The van der Waals surface area contributed by atoms with Crippen LogP contribution in [0.3, 0.4) is 0 Å². The van der Waals surface area contributed by atoms with E-state index in [0.717, 1.165) is 28.0 Å². The maximum atomic E-state index is 13.1. The van der Waals surface area contributed by atoms with Crippen LogP contribution in [0.4, 0.5) is 0 Å². The van der Waals surface area contributed by atoms with E-state index in [2.05, 4.69) is 10.2 Å². The number of rotatable bonds is 10. The molecular formula is C30H27N3O3S. The monoisotopic (exact) mass is 509 g/mol. The van der Waals surface area contributed by atoms with Gasteiger partial charge < -0.3 is 9.47 Å². The lowest BCUT2D eigenvalue weighted by Crippen LogP contribution is -2.08. The lowest BCUT2D eigenvalue weighted by Gasteiger charge is -2.12. The molecule has 0 saturated carbocycles. The molecule has 0 radical (unpaired) electrons. The van der Waals surface area contributed by atoms with Crippen molar-refractivity contribution in [3.8, 4) is 17.2 Å². The zero-order chi connectivity index (χ0) is 25.6. The molecule has 37 heavy (non-hydrogen) atoms. The summed E-state index contributed by atoms with van der Waals surface area (Å²) in [5.74, 6) is 2.47. The minimum Gasteiger partial charge on any atom is -0.494 e. The summed E-state index contributed by atoms with van der Waals surface area (Å²) in [5.41, 5.74) is 2.72. The summed E-state index contributed by atoms with van der Waals surface area (Å²) in [6.07, 6.45) is 0. The van der Waals surface area contributed by atoms with Gasteiger partial charge in [0.15, 0.2) is 16.8 Å². The summed E-state index contributed by atoms with van der Waals surface area (Å²) in [6.45, 7) is 4.83. The Kier molecular flexibility index (Phi) is 7.51. The number of ketones is 1. The van der Waals surface area contributed by atoms with Gasteiger partial charge in [-0.15, -0.1) is 10.2 Å². The first-order chi connectivity index (χ1) is 18.1. The molecule has 5 rings (SSSR count). The topological polar surface area (TPSA) is 66.2 Å². The van der Waals surface area contributed by atoms with E-state index in [1.54, 1.807) is 0 Å². The van der Waals surface area contributed by atoms with Crippen LogP contribution in [-0.2, 0) is 6.61 Å². The molecule has 186 valence electrons. The van der Waals surface area contributed by atoms with Crippen molar-refractivity contribution in [3.05, 3.63) is 108 Å². The maximum Gasteiger partial charge on any atom is 0.196 e. The zero-order valence-electron chi connectivity index (χ0n) is 20.8. The van der Waals surface area contributed by atoms with Gasteiger partial charge in [-0.3, -0.25) is 9.36 Å². The van der Waals surface area contributed by atoms with Crippen molar-refractivity contribution in [1.82, 2.24) is 14.8 Å². The Balaban J connectivity index is 1.38. The highest BCUT2D eigenvalue weighted by Crippen LogP contribution is 2.26. The van der Waals surface area contributed by atoms with Crippen molar-refractivity contribution in [3.63, 3.8) is 0 Å². The van der Waals surface area contributed by atoms with Crippen LogP contribution in [0.15, 0.2) is 96.2 Å². The first-order valence-electron chi connectivity index (χ1n) is 12.1. The fourth-order valence-corrected chi connectivity index (χ4v) is 4.83. The molecule has 0 spiro atoms. The smallest absolute Gasteiger partial charge is 0.196 e. The summed E-state index contributed by atoms with van der Waals surface area (Å²) in [7, 11) is 0. The number of fused-ring (bicyclic) bond motifs is 1. The Morgan fingerprint density at radius 2 is 1.54 bits per heavy atom. The summed E-state index contributed by atoms with van der Waals surface area (Å²) in [5, 5.41) is 11.6. The third kappa shape index (κ3) is 5.84. The van der Waals surface area contributed by atoms with Gasteiger partial charge in [-0.05, 0) is 67.1 Å². The first kappa shape index (κ1) is 24.6. The predicted molar refractivity (Wildman–Crippen MR) is 147 cm³/mol. The van der Waals surface area contributed by atoms with Crippen molar-refractivity contribution in [1.29, 1.82) is 0 Å². The normalized spacial score (nSPS) is 11.0. The lowest BCUT2D eigenvalue weighted by molar-refractivity contribution is 0.102. The number of carbonyl (C=O) groups excluding carboxylic acids is 1. The molecule has 0 amide bonds. The molecule has 0 aliphatic heterocycles. The molecule has 0 unspecified atom stereocenters. The van der Waals surface area contributed by atoms with Crippen molar-refractivity contribution in [2.75, 3.05) is 12.4 Å². The van der Waals surface area contributed by atoms with Gasteiger partial charge in [-0.25, -0.2) is 0 Å². The molecule has 1 aromatic heterocycles. The summed E-state index contributed by atoms with van der Waals surface area (Å²) in [4.78, 5) is 13.1. The summed E-state index contributed by atoms with van der Waals surface area (Å²) < 4.78 is 13.5. The highest BCUT2D eigenvalue weighted by molar-refractivity contribution is 7.99. The first-order valence-corrected chi connectivity index (χ1v) is 13.1. The predicted octanol–water partition coefficient (Wildman–Crippen LogP) is 6.68. The number of thioether (sulfide) groups is 1. The van der Waals surface area contributed by atoms with Crippen LogP contribution >= 0.6 is 11.8 Å². The Bertz CT molecular complexity index is 1510. The molecule has 0 aliphatic carbocycles. The van der Waals surface area contributed by atoms with Crippen LogP contribution in [0.1, 0.15) is 28.7 Å². The quantitative estimate of drug-likeness (QED) is 0.155. The number of nitrogens with zero attached hydrogens (tertiary/aromatic N) is 3. The van der Waals surface area contributed by atoms with Crippen LogP contribution in [0.25, 0.3) is 16.5 Å². The zero-order valence-corrected chi connectivity index (χ0v) is 21.6. The second-order valence-electron chi connectivity index (χ2n) is 8.54. The number of carbonyl (C=O) groups is 1. The minimum absolute atomic E-state index is 0.0365. The molecule has 0 bridgehead atoms. The molecule has 0 saturated heterocycles. The van der Waals surface area contributed by atoms with Gasteiger partial charge in [0.05, 0.1) is 12.4 Å². The van der Waals surface area contributed by atoms with E-state index in [9.17, 15) is 4.79 Å². The second kappa shape index (κ2) is 11.3. The average molecular weight is 510 g/mol. The third-order valence-corrected chi connectivity index (χ3v) is 6.83. The van der Waals surface area contributed by atoms with Crippen LogP contribution < -0.4 is 9.47 Å². The van der Waals surface area contributed by atoms with Crippen molar-refractivity contribution in [2.45, 2.75) is 25.6 Å². The van der Waals surface area contributed by atoms with E-state index in [1.165, 1.54) is 17.3 Å². The molecule has 7 heteroatoms. The van der Waals surface area contributed by atoms with Gasteiger partial charge in [-0.1, -0.05) is 65.9 Å². The third-order valence-electron chi connectivity index (χ3n) is 5.90. The highest BCUT2D eigenvalue weighted by Gasteiger charge is 2.17. The SMILES string of the molecule is CCOc1ccc(-n2c(COc3ccc(C)cc3)nnc2SCC(=O)c2ccc3ccccc3c2)cc1. The number of Topliss-reactive ketones (excluding diaryl/α,β-unsaturated/α-hetero) is 1. The van der Waals surface area contributed by atoms with Crippen LogP contribution in [0.2, 0.25) is 0 Å². The minimum atomic E-state index is 0.0365. The Hall–Kier alpha value is -4.10. The van der Waals surface area contributed by atoms with E-state index < -0.39 is 0 Å². The Labute approximate surface area is 220 Å². The average Bonchev–Trinajstić information content (AvgIpc) is 3.34. The maximum absolute atomic E-state index is 13.1. The fourth-order valence-electron chi connectivity index (χ4n) is 3.96. The molecule has 0 atom stereocenters. The Morgan fingerprint density at radius 1 is 0.838 bits per heavy atom. The fraction of sp³-hybridized carbons (Fsp3) is 0.167. The van der Waals surface area contributed by atoms with Gasteiger partial charge in [0, 0.05) is 11.3 Å². The molecule has 6 nitrogen and oxygen atoms in total. The van der Waals surface area contributed by atoms with E-state index in [-0.39, 0.29) is 18.1 Å². The number of ether oxygens (including phenoxy) is 2. The number of aromatic nitrogens is 3. The number of hydrogen-bond donors (Lipinski definition) is 0. The molecule has 5 aromatic rings. The van der Waals surface area contributed by atoms with Gasteiger partial charge in [0.1, 0.15) is 18.1 Å². The molecule has 1 heterocycles. The van der Waals surface area contributed by atoms with Gasteiger partial charge >= 0.3 is 0 Å². The standard InChI is InChI=1S/C30H27N3O3S/c1-3-35-26-16-12-25(13-17-26)33-29(19-36-27-14-8-21(2)9-15-27)31-32-30(33)37-20-28(34)24-11-10-22-6-4-5-7-23(22)18-24/h4-18H,3,19-20H2,1-2H3. The highest BCUT2D eigenvalue weighted by atomic mass is 32.2. The van der Waals surface area contributed by atoms with Crippen LogP contribution in [0, 0.1) is 6.92 Å². The number of hydrogen-bond acceptors (Lipinski definition) is 6. The van der Waals surface area contributed by atoms with Gasteiger partial charge in [-0.2, -0.15) is 0 Å². The number of benzene rings is 4. The largest absolute Gasteiger partial charge is 0.494 e. The molecule has 4 aromatic carbocycles. The summed E-state index contributed by atoms with van der Waals surface area (Å²) in [6, 6.07) is 29.5. The van der Waals surface area contributed by atoms with Crippen molar-refractivity contribution >= 4 is 28.3 Å². The molecule has 0 N–H and O–H groups in total. The van der Waals surface area contributed by atoms with Crippen LogP contribution in [-0.4, -0.2) is 32.9 Å². The van der Waals surface area contributed by atoms with Gasteiger partial charge in [0.2, 0.25) is 0 Å². The Morgan fingerprint density at radius 3 is 2.30 bits per heavy atom. The molecular weight excluding hydrogens is 482 g/mol. The number of aryl methyl sites for hydroxylation is 1. The van der Waals surface area contributed by atoms with E-state index in [0.29, 0.717) is 23.2 Å². The molecule has 0 aliphatic rings. The van der Waals surface area contributed by atoms with Crippen molar-refractivity contribution < 1.29 is 14.3 Å². The lowest BCUT2D eigenvalue weighted by atomic mass is 10.1. The summed E-state index contributed by atoms with van der Waals surface area (Å²) >= 11 is 1.36. The van der Waals surface area contributed by atoms with Crippen LogP contribution in [0.5, 0.6) is 11.5 Å². The van der Waals surface area contributed by atoms with E-state index in [4.69, 9.17) is 9.47 Å². The second-order valence-corrected chi connectivity index (χ2v) is 9.48. The van der Waals surface area contributed by atoms with Crippen molar-refractivity contribution in [2.24, 2.45) is 0 Å². The van der Waals surface area contributed by atoms with E-state index >= 15 is 0 Å².